The summed E-state index contributed by atoms with van der Waals surface area (Å²) >= 11 is 0. The Morgan fingerprint density at radius 3 is 2.56 bits per heavy atom. The molecular weight excluding hydrogens is 398 g/mol. The molecule has 1 aliphatic carbocycles. The van der Waals surface area contributed by atoms with Crippen LogP contribution in [0.5, 0.6) is 0 Å². The highest BCUT2D eigenvalue weighted by atomic mass is 15.3. The van der Waals surface area contributed by atoms with Gasteiger partial charge in [0, 0.05) is 31.0 Å². The van der Waals surface area contributed by atoms with Crippen molar-refractivity contribution in [3.8, 4) is 11.4 Å². The van der Waals surface area contributed by atoms with Crippen LogP contribution in [0.3, 0.4) is 0 Å². The molecule has 7 nitrogen and oxygen atoms in total. The van der Waals surface area contributed by atoms with Crippen LogP contribution in [0.2, 0.25) is 0 Å². The van der Waals surface area contributed by atoms with Crippen LogP contribution in [0, 0.1) is 11.8 Å². The molecule has 0 amide bonds. The number of hydrogen-bond acceptors (Lipinski definition) is 7. The number of benzene rings is 1. The van der Waals surface area contributed by atoms with Crippen molar-refractivity contribution < 1.29 is 0 Å². The number of rotatable bonds is 8. The van der Waals surface area contributed by atoms with E-state index >= 15 is 0 Å². The molecule has 2 heterocycles. The number of anilines is 3. The molecule has 1 aromatic carbocycles. The lowest BCUT2D eigenvalue weighted by molar-refractivity contribution is 0.240. The average Bonchev–Trinajstić information content (AvgIpc) is 2.85. The van der Waals surface area contributed by atoms with Crippen LogP contribution in [0.1, 0.15) is 39.0 Å². The maximum Gasteiger partial charge on any atom is 0.224 e. The van der Waals surface area contributed by atoms with Crippen LogP contribution in [0.15, 0.2) is 54.9 Å². The summed E-state index contributed by atoms with van der Waals surface area (Å²) in [6.45, 7) is 3.03. The molecule has 32 heavy (non-hydrogen) atoms. The first-order valence-electron chi connectivity index (χ1n) is 11.6. The lowest BCUT2D eigenvalue weighted by atomic mass is 9.77. The molecule has 3 N–H and O–H groups in total. The minimum Gasteiger partial charge on any atom is -0.351 e. The number of nitrogens with zero attached hydrogens (tertiary/aromatic N) is 5. The van der Waals surface area contributed by atoms with Crippen molar-refractivity contribution >= 4 is 17.6 Å². The minimum absolute atomic E-state index is 0.319. The molecular formula is C25H33N7. The Kier molecular flexibility index (Phi) is 7.27. The largest absolute Gasteiger partial charge is 0.351 e. The van der Waals surface area contributed by atoms with Crippen molar-refractivity contribution in [3.05, 3.63) is 54.9 Å². The Morgan fingerprint density at radius 1 is 1.03 bits per heavy atom. The molecule has 4 rings (SSSR count). The zero-order chi connectivity index (χ0) is 22.3. The second-order valence-electron chi connectivity index (χ2n) is 8.71. The highest BCUT2D eigenvalue weighted by Gasteiger charge is 2.26. The van der Waals surface area contributed by atoms with Gasteiger partial charge in [-0.1, -0.05) is 43.2 Å². The van der Waals surface area contributed by atoms with Crippen molar-refractivity contribution in [2.45, 2.75) is 45.1 Å². The van der Waals surface area contributed by atoms with Gasteiger partial charge in [0.05, 0.1) is 0 Å². The van der Waals surface area contributed by atoms with Gasteiger partial charge in [0.25, 0.3) is 0 Å². The zero-order valence-corrected chi connectivity index (χ0v) is 19.0. The molecule has 0 aliphatic heterocycles. The maximum absolute atomic E-state index is 5.79. The van der Waals surface area contributed by atoms with Crippen LogP contribution < -0.4 is 16.0 Å². The summed E-state index contributed by atoms with van der Waals surface area (Å²) < 4.78 is 0. The molecule has 2 unspecified atom stereocenters. The van der Waals surface area contributed by atoms with Crippen LogP contribution >= 0.6 is 0 Å². The normalized spacial score (nSPS) is 19.3. The van der Waals surface area contributed by atoms with Crippen molar-refractivity contribution in [2.75, 3.05) is 23.8 Å². The standard InChI is InChI=1S/C25H33N7/c1-18(21-10-6-7-19(17-21)11-14-26)29-25-28-16-13-23(31-25)32(2)22-12-15-27-24(30-22)20-8-4-3-5-9-20/h3-5,8-9,12-13,15-16,18-19,21H,6-7,10-11,14,17,26H2,1-2H3,(H,28,29,31)/t18-,19?,21?/m0/s1. The molecule has 0 radical (unpaired) electrons. The first-order valence-corrected chi connectivity index (χ1v) is 11.6. The van der Waals surface area contributed by atoms with Gasteiger partial charge < -0.3 is 16.0 Å². The number of aromatic nitrogens is 4. The highest BCUT2D eigenvalue weighted by Crippen LogP contribution is 2.33. The van der Waals surface area contributed by atoms with Gasteiger partial charge in [0.15, 0.2) is 5.82 Å². The van der Waals surface area contributed by atoms with Gasteiger partial charge >= 0.3 is 0 Å². The Balaban J connectivity index is 1.46. The lowest BCUT2D eigenvalue weighted by Gasteiger charge is -2.33. The van der Waals surface area contributed by atoms with Gasteiger partial charge in [0.1, 0.15) is 11.6 Å². The van der Waals surface area contributed by atoms with Gasteiger partial charge in [-0.15, -0.1) is 0 Å². The van der Waals surface area contributed by atoms with E-state index in [-0.39, 0.29) is 0 Å². The fourth-order valence-corrected chi connectivity index (χ4v) is 4.59. The molecule has 2 aromatic heterocycles. The molecule has 1 saturated carbocycles. The summed E-state index contributed by atoms with van der Waals surface area (Å²) in [7, 11) is 1.96. The maximum atomic E-state index is 5.79. The molecule has 0 saturated heterocycles. The molecule has 0 bridgehead atoms. The van der Waals surface area contributed by atoms with Crippen LogP contribution in [0.25, 0.3) is 11.4 Å². The fourth-order valence-electron chi connectivity index (χ4n) is 4.59. The molecule has 168 valence electrons. The fraction of sp³-hybridized carbons (Fsp3) is 0.440. The first kappa shape index (κ1) is 22.1. The highest BCUT2D eigenvalue weighted by molar-refractivity contribution is 5.61. The van der Waals surface area contributed by atoms with Gasteiger partial charge in [-0.2, -0.15) is 4.98 Å². The first-order chi connectivity index (χ1) is 15.6. The van der Waals surface area contributed by atoms with E-state index in [0.717, 1.165) is 36.1 Å². The third-order valence-corrected chi connectivity index (χ3v) is 6.46. The lowest BCUT2D eigenvalue weighted by Crippen LogP contribution is -2.31. The minimum atomic E-state index is 0.319. The topological polar surface area (TPSA) is 92.9 Å². The van der Waals surface area contributed by atoms with Crippen LogP contribution in [-0.4, -0.2) is 39.6 Å². The predicted molar refractivity (Wildman–Crippen MR) is 130 cm³/mol. The predicted octanol–water partition coefficient (Wildman–Crippen LogP) is 4.66. The molecule has 1 fully saturated rings. The second-order valence-corrected chi connectivity index (χ2v) is 8.71. The number of nitrogens with one attached hydrogen (secondary N) is 1. The van der Waals surface area contributed by atoms with E-state index < -0.39 is 0 Å². The van der Waals surface area contributed by atoms with Crippen molar-refractivity contribution in [2.24, 2.45) is 17.6 Å². The van der Waals surface area contributed by atoms with E-state index in [1.165, 1.54) is 25.7 Å². The summed E-state index contributed by atoms with van der Waals surface area (Å²) in [4.78, 5) is 20.4. The summed E-state index contributed by atoms with van der Waals surface area (Å²) in [5.74, 6) is 4.30. The smallest absolute Gasteiger partial charge is 0.224 e. The Hall–Kier alpha value is -3.06. The summed E-state index contributed by atoms with van der Waals surface area (Å²) in [5, 5.41) is 3.55. The zero-order valence-electron chi connectivity index (χ0n) is 19.0. The monoisotopic (exact) mass is 431 g/mol. The van der Waals surface area contributed by atoms with E-state index in [1.54, 1.807) is 12.4 Å². The van der Waals surface area contributed by atoms with Crippen LogP contribution in [-0.2, 0) is 0 Å². The van der Waals surface area contributed by atoms with E-state index in [0.29, 0.717) is 23.7 Å². The second kappa shape index (κ2) is 10.5. The Morgan fingerprint density at radius 2 is 1.78 bits per heavy atom. The average molecular weight is 432 g/mol. The summed E-state index contributed by atoms with van der Waals surface area (Å²) in [5.41, 5.74) is 6.78. The quantitative estimate of drug-likeness (QED) is 0.536. The van der Waals surface area contributed by atoms with E-state index in [4.69, 9.17) is 15.7 Å². The molecule has 3 atom stereocenters. The van der Waals surface area contributed by atoms with E-state index in [9.17, 15) is 0 Å². The van der Waals surface area contributed by atoms with Gasteiger partial charge in [0.2, 0.25) is 5.95 Å². The van der Waals surface area contributed by atoms with Crippen molar-refractivity contribution in [3.63, 3.8) is 0 Å². The van der Waals surface area contributed by atoms with E-state index in [2.05, 4.69) is 22.2 Å². The van der Waals surface area contributed by atoms with Gasteiger partial charge in [-0.25, -0.2) is 15.0 Å². The molecule has 7 heteroatoms. The van der Waals surface area contributed by atoms with Crippen LogP contribution in [0.4, 0.5) is 17.6 Å². The Bertz CT molecular complexity index is 992. The molecule has 1 aliphatic rings. The third kappa shape index (κ3) is 5.40. The number of nitrogens with two attached hydrogens (primary N) is 1. The molecule has 0 spiro atoms. The SMILES string of the molecule is C[C@H](Nc1nccc(N(C)c2ccnc(-c3ccccc3)n2)n1)C1CCCC(CCN)C1. The van der Waals surface area contributed by atoms with Gasteiger partial charge in [-0.3, -0.25) is 0 Å². The summed E-state index contributed by atoms with van der Waals surface area (Å²) in [6, 6.07) is 14.1. The number of hydrogen-bond donors (Lipinski definition) is 2. The van der Waals surface area contributed by atoms with Gasteiger partial charge in [-0.05, 0) is 56.7 Å². The molecule has 3 aromatic rings. The summed E-state index contributed by atoms with van der Waals surface area (Å²) in [6.07, 6.45) is 9.77. The third-order valence-electron chi connectivity index (χ3n) is 6.46. The van der Waals surface area contributed by atoms with Crippen molar-refractivity contribution in [1.82, 2.24) is 19.9 Å². The Labute approximate surface area is 190 Å². The van der Waals surface area contributed by atoms with Crippen molar-refractivity contribution in [1.29, 1.82) is 0 Å². The van der Waals surface area contributed by atoms with E-state index in [1.807, 2.05) is 54.4 Å².